The molecule has 0 bridgehead atoms. The summed E-state index contributed by atoms with van der Waals surface area (Å²) in [6.07, 6.45) is 0. The summed E-state index contributed by atoms with van der Waals surface area (Å²) in [5.74, 6) is -0.667. The monoisotopic (exact) mass is 379 g/mol. The summed E-state index contributed by atoms with van der Waals surface area (Å²) in [7, 11) is 0. The van der Waals surface area contributed by atoms with Gasteiger partial charge in [0, 0.05) is 23.6 Å². The highest BCUT2D eigenvalue weighted by Gasteiger charge is 2.24. The molecule has 0 saturated carbocycles. The highest BCUT2D eigenvalue weighted by molar-refractivity contribution is 5.75. The summed E-state index contributed by atoms with van der Waals surface area (Å²) >= 11 is 0. The fourth-order valence-electron chi connectivity index (χ4n) is 2.94. The van der Waals surface area contributed by atoms with Crippen molar-refractivity contribution in [1.82, 2.24) is 15.1 Å². The fraction of sp³-hybridized carbons (Fsp3) is 0.227. The van der Waals surface area contributed by atoms with Crippen LogP contribution in [-0.4, -0.2) is 22.2 Å². The molecule has 0 saturated heterocycles. The maximum Gasteiger partial charge on any atom is 0.267 e. The third kappa shape index (κ3) is 4.52. The lowest BCUT2D eigenvalue weighted by atomic mass is 9.84. The number of hydrogen-bond donors (Lipinski definition) is 1. The Bertz CT molecular complexity index is 1030. The molecular weight excluding hydrogens is 357 g/mol. The van der Waals surface area contributed by atoms with Crippen LogP contribution in [0.4, 0.5) is 4.39 Å². The molecule has 3 aromatic rings. The standard InChI is InChI=1S/C22H22FN3O2/c1-22(2,17-10-6-7-11-18(17)23)15-24-20(27)14-26-21(28)13-12-19(25-26)16-8-4-3-5-9-16/h3-13H,14-15H2,1-2H3,(H,24,27). The molecule has 0 aliphatic heterocycles. The number of aromatic nitrogens is 2. The second-order valence-electron chi connectivity index (χ2n) is 7.22. The number of nitrogens with zero attached hydrogens (tertiary/aromatic N) is 2. The van der Waals surface area contributed by atoms with Gasteiger partial charge in [-0.1, -0.05) is 62.4 Å². The summed E-state index contributed by atoms with van der Waals surface area (Å²) in [6, 6.07) is 18.9. The van der Waals surface area contributed by atoms with Gasteiger partial charge >= 0.3 is 0 Å². The zero-order valence-corrected chi connectivity index (χ0v) is 15.9. The first-order valence-electron chi connectivity index (χ1n) is 9.02. The van der Waals surface area contributed by atoms with Gasteiger partial charge in [0.2, 0.25) is 5.91 Å². The molecule has 0 fully saturated rings. The predicted molar refractivity (Wildman–Crippen MR) is 106 cm³/mol. The molecule has 1 aromatic heterocycles. The van der Waals surface area contributed by atoms with E-state index < -0.39 is 5.41 Å². The highest BCUT2D eigenvalue weighted by atomic mass is 19.1. The number of nitrogens with one attached hydrogen (secondary N) is 1. The lowest BCUT2D eigenvalue weighted by Crippen LogP contribution is -2.40. The molecule has 2 aromatic carbocycles. The number of carbonyl (C=O) groups excluding carboxylic acids is 1. The van der Waals surface area contributed by atoms with Crippen LogP contribution in [0.15, 0.2) is 71.5 Å². The average molecular weight is 379 g/mol. The third-order valence-electron chi connectivity index (χ3n) is 4.56. The Hall–Kier alpha value is -3.28. The van der Waals surface area contributed by atoms with Gasteiger partial charge in [0.05, 0.1) is 5.69 Å². The number of benzene rings is 2. The summed E-state index contributed by atoms with van der Waals surface area (Å²) < 4.78 is 15.2. The molecule has 0 radical (unpaired) electrons. The van der Waals surface area contributed by atoms with Crippen LogP contribution in [0.1, 0.15) is 19.4 Å². The lowest BCUT2D eigenvalue weighted by Gasteiger charge is -2.26. The van der Waals surface area contributed by atoms with E-state index in [1.54, 1.807) is 24.3 Å². The lowest BCUT2D eigenvalue weighted by molar-refractivity contribution is -0.122. The largest absolute Gasteiger partial charge is 0.354 e. The minimum Gasteiger partial charge on any atom is -0.354 e. The van der Waals surface area contributed by atoms with Gasteiger partial charge in [0.15, 0.2) is 0 Å². The van der Waals surface area contributed by atoms with Gasteiger partial charge in [0.1, 0.15) is 12.4 Å². The molecule has 144 valence electrons. The normalized spacial score (nSPS) is 11.2. The van der Waals surface area contributed by atoms with Gasteiger partial charge in [-0.3, -0.25) is 9.59 Å². The first-order valence-corrected chi connectivity index (χ1v) is 9.02. The molecule has 0 aliphatic rings. The second-order valence-corrected chi connectivity index (χ2v) is 7.22. The van der Waals surface area contributed by atoms with E-state index in [2.05, 4.69) is 10.4 Å². The highest BCUT2D eigenvalue weighted by Crippen LogP contribution is 2.24. The van der Waals surface area contributed by atoms with Crippen LogP contribution in [0, 0.1) is 5.82 Å². The van der Waals surface area contributed by atoms with Crippen LogP contribution in [0.25, 0.3) is 11.3 Å². The van der Waals surface area contributed by atoms with E-state index in [1.807, 2.05) is 44.2 Å². The number of carbonyl (C=O) groups is 1. The average Bonchev–Trinajstić information content (AvgIpc) is 2.69. The smallest absolute Gasteiger partial charge is 0.267 e. The summed E-state index contributed by atoms with van der Waals surface area (Å²) in [4.78, 5) is 24.4. The maximum atomic E-state index is 14.0. The summed E-state index contributed by atoms with van der Waals surface area (Å²) in [5.41, 5.74) is 1.04. The Morgan fingerprint density at radius 2 is 1.71 bits per heavy atom. The first-order chi connectivity index (χ1) is 13.4. The Labute approximate surface area is 162 Å². The molecule has 1 amide bonds. The van der Waals surface area contributed by atoms with Crippen molar-refractivity contribution in [3.63, 3.8) is 0 Å². The molecule has 1 heterocycles. The molecule has 6 heteroatoms. The molecule has 0 spiro atoms. The Balaban J connectivity index is 1.70. The zero-order chi connectivity index (χ0) is 20.1. The van der Waals surface area contributed by atoms with E-state index in [1.165, 1.54) is 12.1 Å². The third-order valence-corrected chi connectivity index (χ3v) is 4.56. The minimum atomic E-state index is -0.592. The number of hydrogen-bond acceptors (Lipinski definition) is 3. The number of rotatable bonds is 6. The van der Waals surface area contributed by atoms with E-state index in [4.69, 9.17) is 0 Å². The van der Waals surface area contributed by atoms with Crippen LogP contribution in [0.3, 0.4) is 0 Å². The van der Waals surface area contributed by atoms with Crippen molar-refractivity contribution in [3.8, 4) is 11.3 Å². The molecule has 0 aliphatic carbocycles. The zero-order valence-electron chi connectivity index (χ0n) is 15.9. The van der Waals surface area contributed by atoms with Crippen molar-refractivity contribution in [2.24, 2.45) is 0 Å². The Morgan fingerprint density at radius 3 is 2.43 bits per heavy atom. The van der Waals surface area contributed by atoms with Gasteiger partial charge in [-0.15, -0.1) is 0 Å². The van der Waals surface area contributed by atoms with E-state index in [-0.39, 0.29) is 30.4 Å². The van der Waals surface area contributed by atoms with Crippen molar-refractivity contribution in [2.75, 3.05) is 6.54 Å². The minimum absolute atomic E-state index is 0.202. The molecule has 1 N–H and O–H groups in total. The van der Waals surface area contributed by atoms with Crippen molar-refractivity contribution >= 4 is 5.91 Å². The van der Waals surface area contributed by atoms with Crippen LogP contribution in [0.2, 0.25) is 0 Å². The quantitative estimate of drug-likeness (QED) is 0.716. The molecule has 28 heavy (non-hydrogen) atoms. The topological polar surface area (TPSA) is 64.0 Å². The molecule has 0 unspecified atom stereocenters. The van der Waals surface area contributed by atoms with Gasteiger partial charge in [-0.25, -0.2) is 9.07 Å². The van der Waals surface area contributed by atoms with Crippen LogP contribution in [-0.2, 0) is 16.8 Å². The fourth-order valence-corrected chi connectivity index (χ4v) is 2.94. The van der Waals surface area contributed by atoms with Crippen molar-refractivity contribution in [1.29, 1.82) is 0 Å². The van der Waals surface area contributed by atoms with Crippen molar-refractivity contribution in [2.45, 2.75) is 25.8 Å². The molecule has 5 nitrogen and oxygen atoms in total. The second kappa shape index (κ2) is 8.17. The van der Waals surface area contributed by atoms with Gasteiger partial charge < -0.3 is 5.32 Å². The van der Waals surface area contributed by atoms with E-state index in [0.29, 0.717) is 11.3 Å². The van der Waals surface area contributed by atoms with E-state index in [0.717, 1.165) is 10.2 Å². The van der Waals surface area contributed by atoms with Crippen molar-refractivity contribution in [3.05, 3.63) is 88.5 Å². The predicted octanol–water partition coefficient (Wildman–Crippen LogP) is 3.14. The van der Waals surface area contributed by atoms with Crippen LogP contribution in [0.5, 0.6) is 0 Å². The molecular formula is C22H22FN3O2. The van der Waals surface area contributed by atoms with Crippen LogP contribution >= 0.6 is 0 Å². The maximum absolute atomic E-state index is 14.0. The van der Waals surface area contributed by atoms with Crippen LogP contribution < -0.4 is 10.9 Å². The van der Waals surface area contributed by atoms with Gasteiger partial charge in [-0.2, -0.15) is 5.10 Å². The summed E-state index contributed by atoms with van der Waals surface area (Å²) in [5, 5.41) is 7.06. The van der Waals surface area contributed by atoms with Gasteiger partial charge in [-0.05, 0) is 17.7 Å². The Kier molecular flexibility index (Phi) is 5.68. The first kappa shape index (κ1) is 19.5. The molecule has 3 rings (SSSR count). The molecule has 0 atom stereocenters. The SMILES string of the molecule is CC(C)(CNC(=O)Cn1nc(-c2ccccc2)ccc1=O)c1ccccc1F. The Morgan fingerprint density at radius 1 is 1.04 bits per heavy atom. The number of amides is 1. The van der Waals surface area contributed by atoms with E-state index >= 15 is 0 Å². The van der Waals surface area contributed by atoms with Gasteiger partial charge in [0.25, 0.3) is 5.56 Å². The summed E-state index contributed by atoms with van der Waals surface area (Å²) in [6.45, 7) is 3.74. The van der Waals surface area contributed by atoms with E-state index in [9.17, 15) is 14.0 Å². The van der Waals surface area contributed by atoms with Crippen molar-refractivity contribution < 1.29 is 9.18 Å². The number of halogens is 1.